The first-order chi connectivity index (χ1) is 12.3. The van der Waals surface area contributed by atoms with Crippen molar-refractivity contribution in [2.45, 2.75) is 11.8 Å². The van der Waals surface area contributed by atoms with E-state index in [0.717, 1.165) is 4.90 Å². The van der Waals surface area contributed by atoms with Crippen LogP contribution in [0.1, 0.15) is 18.1 Å². The van der Waals surface area contributed by atoms with Crippen molar-refractivity contribution in [1.82, 2.24) is 0 Å². The van der Waals surface area contributed by atoms with Gasteiger partial charge in [0.2, 0.25) is 0 Å². The van der Waals surface area contributed by atoms with Crippen LogP contribution in [0, 0.1) is 5.82 Å². The van der Waals surface area contributed by atoms with Gasteiger partial charge in [0.15, 0.2) is 0 Å². The minimum atomic E-state index is -4.24. The first-order valence-corrected chi connectivity index (χ1v) is 10.6. The zero-order chi connectivity index (χ0) is 18.9. The SMILES string of the molecule is CSc1ccc(O/C=C2/C(C)=C(CS(=O)(=O)O)c3cc(F)ccc32)cc1. The Hall–Kier alpha value is -2.09. The van der Waals surface area contributed by atoms with E-state index in [0.29, 0.717) is 33.6 Å². The van der Waals surface area contributed by atoms with Gasteiger partial charge in [0, 0.05) is 10.5 Å². The van der Waals surface area contributed by atoms with E-state index in [1.54, 1.807) is 24.8 Å². The fourth-order valence-corrected chi connectivity index (χ4v) is 4.01. The molecule has 0 bridgehead atoms. The highest BCUT2D eigenvalue weighted by Crippen LogP contribution is 2.42. The highest BCUT2D eigenvalue weighted by atomic mass is 32.2. The van der Waals surface area contributed by atoms with Gasteiger partial charge in [-0.25, -0.2) is 4.39 Å². The minimum absolute atomic E-state index is 0.370. The lowest BCUT2D eigenvalue weighted by Gasteiger charge is -2.06. The second kappa shape index (κ2) is 7.26. The summed E-state index contributed by atoms with van der Waals surface area (Å²) in [6.07, 6.45) is 3.51. The summed E-state index contributed by atoms with van der Waals surface area (Å²) in [7, 11) is -4.24. The minimum Gasteiger partial charge on any atom is -0.464 e. The van der Waals surface area contributed by atoms with Gasteiger partial charge in [-0.1, -0.05) is 6.07 Å². The third-order valence-electron chi connectivity index (χ3n) is 4.15. The van der Waals surface area contributed by atoms with E-state index in [2.05, 4.69) is 0 Å². The number of ether oxygens (including phenoxy) is 1. The van der Waals surface area contributed by atoms with Crippen LogP contribution in [0.2, 0.25) is 0 Å². The van der Waals surface area contributed by atoms with Crippen LogP contribution >= 0.6 is 11.8 Å². The largest absolute Gasteiger partial charge is 0.464 e. The first-order valence-electron chi connectivity index (χ1n) is 7.75. The molecule has 0 heterocycles. The molecule has 3 rings (SSSR count). The van der Waals surface area contributed by atoms with Crippen LogP contribution in [0.3, 0.4) is 0 Å². The quantitative estimate of drug-likeness (QED) is 0.456. The van der Waals surface area contributed by atoms with Crippen molar-refractivity contribution in [2.75, 3.05) is 12.0 Å². The average molecular weight is 392 g/mol. The van der Waals surface area contributed by atoms with E-state index < -0.39 is 21.7 Å². The van der Waals surface area contributed by atoms with Crippen molar-refractivity contribution in [3.05, 3.63) is 71.2 Å². The standard InChI is InChI=1S/C19H17FO4S2/c1-12-18(10-24-14-4-6-15(25-2)7-5-14)16-8-3-13(20)9-17(16)19(12)11-26(21,22)23/h3-10H,11H2,1-2H3,(H,21,22,23)/b18-10-. The Balaban J connectivity index is 2.00. The number of hydrogen-bond acceptors (Lipinski definition) is 4. The Morgan fingerprint density at radius 1 is 1.15 bits per heavy atom. The summed E-state index contributed by atoms with van der Waals surface area (Å²) in [5.74, 6) is -0.413. The van der Waals surface area contributed by atoms with Crippen LogP contribution in [0.25, 0.3) is 11.1 Å². The number of thioether (sulfide) groups is 1. The molecule has 0 aliphatic heterocycles. The zero-order valence-corrected chi connectivity index (χ0v) is 15.8. The van der Waals surface area contributed by atoms with Crippen LogP contribution in [0.5, 0.6) is 5.75 Å². The van der Waals surface area contributed by atoms with Gasteiger partial charge in [0.25, 0.3) is 10.1 Å². The number of rotatable bonds is 5. The van der Waals surface area contributed by atoms with Crippen LogP contribution in [-0.4, -0.2) is 25.0 Å². The van der Waals surface area contributed by atoms with Crippen molar-refractivity contribution in [3.8, 4) is 5.75 Å². The van der Waals surface area contributed by atoms with Crippen molar-refractivity contribution >= 4 is 33.0 Å². The Morgan fingerprint density at radius 2 is 1.85 bits per heavy atom. The second-order valence-corrected chi connectivity index (χ2v) is 8.18. The van der Waals surface area contributed by atoms with Gasteiger partial charge in [-0.15, -0.1) is 11.8 Å². The monoisotopic (exact) mass is 392 g/mol. The highest BCUT2D eigenvalue weighted by molar-refractivity contribution is 7.98. The Labute approximate surface area is 156 Å². The normalized spacial score (nSPS) is 15.5. The molecule has 136 valence electrons. The molecule has 0 aromatic heterocycles. The van der Waals surface area contributed by atoms with E-state index in [4.69, 9.17) is 4.74 Å². The van der Waals surface area contributed by atoms with Crippen LogP contribution in [0.15, 0.2) is 59.2 Å². The Bertz CT molecular complexity index is 1010. The van der Waals surface area contributed by atoms with Crippen LogP contribution in [-0.2, 0) is 10.1 Å². The zero-order valence-electron chi connectivity index (χ0n) is 14.2. The number of benzene rings is 2. The van der Waals surface area contributed by atoms with Crippen LogP contribution < -0.4 is 4.74 Å². The first kappa shape index (κ1) is 18.7. The molecule has 2 aromatic rings. The molecule has 1 N–H and O–H groups in total. The molecule has 0 radical (unpaired) electrons. The summed E-state index contributed by atoms with van der Waals surface area (Å²) in [5, 5.41) is 0. The summed E-state index contributed by atoms with van der Waals surface area (Å²) in [6, 6.07) is 11.7. The molecular weight excluding hydrogens is 375 g/mol. The van der Waals surface area contributed by atoms with Gasteiger partial charge in [-0.2, -0.15) is 8.42 Å². The predicted octanol–water partition coefficient (Wildman–Crippen LogP) is 4.64. The Kier molecular flexibility index (Phi) is 5.22. The van der Waals surface area contributed by atoms with Gasteiger partial charge in [-0.3, -0.25) is 4.55 Å². The molecule has 0 fully saturated rings. The van der Waals surface area contributed by atoms with E-state index in [-0.39, 0.29) is 0 Å². The van der Waals surface area contributed by atoms with Gasteiger partial charge in [0.05, 0.1) is 6.26 Å². The maximum Gasteiger partial charge on any atom is 0.269 e. The lowest BCUT2D eigenvalue weighted by atomic mass is 10.0. The number of halogens is 1. The van der Waals surface area contributed by atoms with Crippen molar-refractivity contribution < 1.29 is 22.1 Å². The molecule has 1 aliphatic carbocycles. The van der Waals surface area contributed by atoms with Crippen LogP contribution in [0.4, 0.5) is 4.39 Å². The van der Waals surface area contributed by atoms with Crippen molar-refractivity contribution in [1.29, 1.82) is 0 Å². The molecule has 0 saturated heterocycles. The summed E-state index contributed by atoms with van der Waals surface area (Å²) in [4.78, 5) is 1.11. The molecule has 0 spiro atoms. The van der Waals surface area contributed by atoms with Gasteiger partial charge < -0.3 is 4.74 Å². The third kappa shape index (κ3) is 4.00. The van der Waals surface area contributed by atoms with E-state index in [9.17, 15) is 17.4 Å². The number of fused-ring (bicyclic) bond motifs is 1. The molecule has 2 aromatic carbocycles. The molecule has 1 aliphatic rings. The molecule has 26 heavy (non-hydrogen) atoms. The number of allylic oxidation sites excluding steroid dienone is 2. The lowest BCUT2D eigenvalue weighted by molar-refractivity contribution is 0.482. The van der Waals surface area contributed by atoms with Gasteiger partial charge in [0.1, 0.15) is 17.3 Å². The van der Waals surface area contributed by atoms with Crippen molar-refractivity contribution in [3.63, 3.8) is 0 Å². The fraction of sp³-hybridized carbons (Fsp3) is 0.158. The lowest BCUT2D eigenvalue weighted by Crippen LogP contribution is -2.06. The summed E-state index contributed by atoms with van der Waals surface area (Å²) >= 11 is 1.62. The summed E-state index contributed by atoms with van der Waals surface area (Å²) in [5.41, 5.74) is 2.78. The highest BCUT2D eigenvalue weighted by Gasteiger charge is 2.27. The average Bonchev–Trinajstić information content (AvgIpc) is 2.83. The van der Waals surface area contributed by atoms with E-state index in [1.165, 1.54) is 18.4 Å². The van der Waals surface area contributed by atoms with Crippen molar-refractivity contribution in [2.24, 2.45) is 0 Å². The maximum atomic E-state index is 13.7. The topological polar surface area (TPSA) is 63.6 Å². The summed E-state index contributed by atoms with van der Waals surface area (Å²) in [6.45, 7) is 1.73. The molecule has 4 nitrogen and oxygen atoms in total. The third-order valence-corrected chi connectivity index (χ3v) is 5.55. The predicted molar refractivity (Wildman–Crippen MR) is 102 cm³/mol. The smallest absolute Gasteiger partial charge is 0.269 e. The maximum absolute atomic E-state index is 13.7. The molecule has 0 atom stereocenters. The second-order valence-electron chi connectivity index (χ2n) is 5.84. The fourth-order valence-electron chi connectivity index (χ4n) is 2.87. The molecular formula is C19H17FO4S2. The Morgan fingerprint density at radius 3 is 2.46 bits per heavy atom. The molecule has 7 heteroatoms. The summed E-state index contributed by atoms with van der Waals surface area (Å²) < 4.78 is 51.3. The van der Waals surface area contributed by atoms with E-state index >= 15 is 0 Å². The van der Waals surface area contributed by atoms with Gasteiger partial charge in [-0.05, 0) is 71.9 Å². The number of hydrogen-bond donors (Lipinski definition) is 1. The molecule has 0 unspecified atom stereocenters. The van der Waals surface area contributed by atoms with Gasteiger partial charge >= 0.3 is 0 Å². The molecule has 0 saturated carbocycles. The molecule has 0 amide bonds. The van der Waals surface area contributed by atoms with E-state index in [1.807, 2.05) is 30.5 Å².